The Kier molecular flexibility index (Phi) is 5.71. The number of pyridine rings is 1. The molecule has 0 unspecified atom stereocenters. The van der Waals surface area contributed by atoms with Gasteiger partial charge in [-0.05, 0) is 58.8 Å². The Morgan fingerprint density at radius 1 is 1.09 bits per heavy atom. The van der Waals surface area contributed by atoms with E-state index in [4.69, 9.17) is 0 Å². The molecular weight excluding hydrogens is 426 g/mol. The van der Waals surface area contributed by atoms with Crippen molar-refractivity contribution in [3.8, 4) is 16.8 Å². The summed E-state index contributed by atoms with van der Waals surface area (Å²) in [6.07, 6.45) is 2.41. The summed E-state index contributed by atoms with van der Waals surface area (Å²) in [4.78, 5) is 22.2. The van der Waals surface area contributed by atoms with E-state index in [1.807, 2.05) is 44.2 Å². The number of hydrogen-bond acceptors (Lipinski definition) is 6. The number of fused-ring (bicyclic) bond motifs is 1. The van der Waals surface area contributed by atoms with E-state index >= 15 is 0 Å². The maximum atomic E-state index is 13.2. The Balaban J connectivity index is 1.46. The average molecular weight is 452 g/mol. The van der Waals surface area contributed by atoms with Crippen molar-refractivity contribution < 1.29 is 4.79 Å². The van der Waals surface area contributed by atoms with Crippen LogP contribution < -0.4 is 5.32 Å². The normalized spacial score (nSPS) is 12.5. The SMILES string of the molecule is Cc1ccc(-c2cc(C(=O)NCC3=Nc4cccnc4C3)cc(-n3nnnc3C(C)C)c2)cc1. The number of nitrogens with one attached hydrogen (secondary N) is 1. The monoisotopic (exact) mass is 451 g/mol. The summed E-state index contributed by atoms with van der Waals surface area (Å²) in [5.41, 5.74) is 7.09. The van der Waals surface area contributed by atoms with E-state index in [0.717, 1.165) is 39.7 Å². The summed E-state index contributed by atoms with van der Waals surface area (Å²) in [6, 6.07) is 17.8. The Morgan fingerprint density at radius 2 is 1.91 bits per heavy atom. The Hall–Kier alpha value is -4.20. The number of amides is 1. The lowest BCUT2D eigenvalue weighted by Crippen LogP contribution is -2.29. The zero-order chi connectivity index (χ0) is 23.7. The molecule has 34 heavy (non-hydrogen) atoms. The van der Waals surface area contributed by atoms with Gasteiger partial charge in [-0.1, -0.05) is 43.7 Å². The fourth-order valence-electron chi connectivity index (χ4n) is 3.97. The number of nitrogens with zero attached hydrogens (tertiary/aromatic N) is 6. The van der Waals surface area contributed by atoms with Crippen LogP contribution in [-0.4, -0.2) is 43.4 Å². The molecule has 2 aromatic heterocycles. The van der Waals surface area contributed by atoms with Crippen LogP contribution in [-0.2, 0) is 6.42 Å². The lowest BCUT2D eigenvalue weighted by molar-refractivity contribution is 0.0959. The molecule has 0 radical (unpaired) electrons. The molecule has 0 spiro atoms. The van der Waals surface area contributed by atoms with E-state index in [2.05, 4.69) is 62.0 Å². The minimum Gasteiger partial charge on any atom is -0.347 e. The van der Waals surface area contributed by atoms with Gasteiger partial charge in [0.15, 0.2) is 5.82 Å². The fraction of sp³-hybridized carbons (Fsp3) is 0.231. The van der Waals surface area contributed by atoms with Crippen LogP contribution in [0.4, 0.5) is 5.69 Å². The summed E-state index contributed by atoms with van der Waals surface area (Å²) in [5.74, 6) is 0.685. The fourth-order valence-corrected chi connectivity index (χ4v) is 3.97. The summed E-state index contributed by atoms with van der Waals surface area (Å²) in [5, 5.41) is 15.2. The molecule has 1 aliphatic rings. The van der Waals surface area contributed by atoms with E-state index in [-0.39, 0.29) is 11.8 Å². The number of aromatic nitrogens is 5. The molecule has 8 heteroatoms. The number of carbonyl (C=O) groups excluding carboxylic acids is 1. The quantitative estimate of drug-likeness (QED) is 0.473. The van der Waals surface area contributed by atoms with Gasteiger partial charge < -0.3 is 5.32 Å². The zero-order valence-corrected chi connectivity index (χ0v) is 19.4. The molecule has 1 aliphatic heterocycles. The molecule has 0 fully saturated rings. The van der Waals surface area contributed by atoms with Crippen LogP contribution in [0.5, 0.6) is 0 Å². The van der Waals surface area contributed by atoms with Gasteiger partial charge >= 0.3 is 0 Å². The van der Waals surface area contributed by atoms with Crippen molar-refractivity contribution in [3.63, 3.8) is 0 Å². The van der Waals surface area contributed by atoms with Gasteiger partial charge in [0.05, 0.1) is 23.6 Å². The van der Waals surface area contributed by atoms with Crippen LogP contribution in [0.2, 0.25) is 0 Å². The summed E-state index contributed by atoms with van der Waals surface area (Å²) in [6.45, 7) is 6.49. The number of aliphatic imine (C=N–C) groups is 1. The first-order valence-corrected chi connectivity index (χ1v) is 11.3. The Labute approximate surface area is 197 Å². The number of rotatable bonds is 6. The molecule has 0 saturated carbocycles. The third-order valence-corrected chi connectivity index (χ3v) is 5.79. The van der Waals surface area contributed by atoms with E-state index in [9.17, 15) is 4.79 Å². The van der Waals surface area contributed by atoms with Gasteiger partial charge in [-0.2, -0.15) is 4.68 Å². The average Bonchev–Trinajstić information content (AvgIpc) is 3.50. The van der Waals surface area contributed by atoms with Crippen molar-refractivity contribution in [2.24, 2.45) is 4.99 Å². The number of carbonyl (C=O) groups is 1. The molecular formula is C26H25N7O. The van der Waals surface area contributed by atoms with Gasteiger partial charge in [0.2, 0.25) is 0 Å². The molecule has 8 nitrogen and oxygen atoms in total. The zero-order valence-electron chi connectivity index (χ0n) is 19.4. The van der Waals surface area contributed by atoms with Crippen molar-refractivity contribution in [2.75, 3.05) is 6.54 Å². The smallest absolute Gasteiger partial charge is 0.251 e. The molecule has 4 aromatic rings. The predicted molar refractivity (Wildman–Crippen MR) is 131 cm³/mol. The maximum Gasteiger partial charge on any atom is 0.251 e. The molecule has 1 amide bonds. The molecule has 0 bridgehead atoms. The van der Waals surface area contributed by atoms with E-state index < -0.39 is 0 Å². The van der Waals surface area contributed by atoms with Gasteiger partial charge in [0.1, 0.15) is 0 Å². The third kappa shape index (κ3) is 4.34. The molecule has 3 heterocycles. The summed E-state index contributed by atoms with van der Waals surface area (Å²) in [7, 11) is 0. The first-order valence-electron chi connectivity index (χ1n) is 11.3. The summed E-state index contributed by atoms with van der Waals surface area (Å²) < 4.78 is 1.70. The van der Waals surface area contributed by atoms with E-state index in [0.29, 0.717) is 18.5 Å². The Morgan fingerprint density at radius 3 is 2.68 bits per heavy atom. The number of tetrazole rings is 1. The van der Waals surface area contributed by atoms with Gasteiger partial charge in [0, 0.05) is 29.8 Å². The lowest BCUT2D eigenvalue weighted by atomic mass is 10.0. The number of aryl methyl sites for hydroxylation is 1. The molecule has 0 saturated heterocycles. The predicted octanol–water partition coefficient (Wildman–Crippen LogP) is 4.21. The minimum atomic E-state index is -0.180. The molecule has 5 rings (SSSR count). The van der Waals surface area contributed by atoms with Gasteiger partial charge in [0.25, 0.3) is 5.91 Å². The van der Waals surface area contributed by atoms with Crippen molar-refractivity contribution in [1.29, 1.82) is 0 Å². The van der Waals surface area contributed by atoms with Crippen LogP contribution in [0, 0.1) is 6.92 Å². The first kappa shape index (κ1) is 21.6. The van der Waals surface area contributed by atoms with E-state index in [1.54, 1.807) is 10.9 Å². The number of hydrogen-bond donors (Lipinski definition) is 1. The molecule has 1 N–H and O–H groups in total. The molecule has 0 aliphatic carbocycles. The second-order valence-corrected chi connectivity index (χ2v) is 8.74. The third-order valence-electron chi connectivity index (χ3n) is 5.79. The van der Waals surface area contributed by atoms with Crippen LogP contribution in [0.1, 0.15) is 47.2 Å². The van der Waals surface area contributed by atoms with Crippen LogP contribution in [0.3, 0.4) is 0 Å². The molecule has 0 atom stereocenters. The van der Waals surface area contributed by atoms with Crippen molar-refractivity contribution in [3.05, 3.63) is 83.4 Å². The highest BCUT2D eigenvalue weighted by atomic mass is 16.1. The second-order valence-electron chi connectivity index (χ2n) is 8.74. The van der Waals surface area contributed by atoms with Gasteiger partial charge in [-0.3, -0.25) is 14.8 Å². The van der Waals surface area contributed by atoms with Crippen LogP contribution >= 0.6 is 0 Å². The van der Waals surface area contributed by atoms with Crippen LogP contribution in [0.15, 0.2) is 65.8 Å². The van der Waals surface area contributed by atoms with Gasteiger partial charge in [-0.25, -0.2) is 0 Å². The molecule has 170 valence electrons. The second kappa shape index (κ2) is 8.97. The minimum absolute atomic E-state index is 0.130. The topological polar surface area (TPSA) is 98.0 Å². The van der Waals surface area contributed by atoms with Crippen molar-refractivity contribution in [2.45, 2.75) is 33.1 Å². The highest BCUT2D eigenvalue weighted by molar-refractivity contribution is 6.01. The highest BCUT2D eigenvalue weighted by Crippen LogP contribution is 2.27. The number of benzene rings is 2. The Bertz CT molecular complexity index is 1390. The summed E-state index contributed by atoms with van der Waals surface area (Å²) >= 11 is 0. The highest BCUT2D eigenvalue weighted by Gasteiger charge is 2.18. The van der Waals surface area contributed by atoms with E-state index in [1.165, 1.54) is 5.56 Å². The molecule has 2 aromatic carbocycles. The van der Waals surface area contributed by atoms with Crippen LogP contribution in [0.25, 0.3) is 16.8 Å². The maximum absolute atomic E-state index is 13.2. The van der Waals surface area contributed by atoms with Gasteiger partial charge in [-0.15, -0.1) is 5.10 Å². The largest absolute Gasteiger partial charge is 0.347 e. The standard InChI is InChI=1S/C26H25N7O/c1-16(2)25-30-31-32-33(25)22-12-19(18-8-6-17(3)7-9-18)11-20(13-22)26(34)28-15-21-14-24-23(29-21)5-4-10-27-24/h4-13,16H,14-15H2,1-3H3,(H,28,34). The van der Waals surface area contributed by atoms with Crippen molar-refractivity contribution in [1.82, 2.24) is 30.5 Å². The van der Waals surface area contributed by atoms with Crippen molar-refractivity contribution >= 4 is 17.3 Å². The first-order chi connectivity index (χ1) is 16.5. The lowest BCUT2D eigenvalue weighted by Gasteiger charge is -2.13.